The highest BCUT2D eigenvalue weighted by Gasteiger charge is 2.14. The van der Waals surface area contributed by atoms with Crippen molar-refractivity contribution >= 4 is 12.6 Å². The Morgan fingerprint density at radius 2 is 1.73 bits per heavy atom. The number of hydrogen-bond donors (Lipinski definition) is 1. The van der Waals surface area contributed by atoms with E-state index in [9.17, 15) is 0 Å². The van der Waals surface area contributed by atoms with Crippen molar-refractivity contribution in [2.45, 2.75) is 18.6 Å². The van der Waals surface area contributed by atoms with Crippen LogP contribution in [0.2, 0.25) is 0 Å². The molecule has 0 unspecified atom stereocenters. The maximum absolute atomic E-state index is 5.33. The minimum atomic E-state index is -0.0955. The lowest BCUT2D eigenvalue weighted by Crippen LogP contribution is -2.06. The fraction of sp³-hybridized carbons (Fsp3) is 0.231. The molecule has 0 radical (unpaired) electrons. The van der Waals surface area contributed by atoms with E-state index in [-0.39, 0.29) is 4.75 Å². The molecule has 0 aliphatic rings. The summed E-state index contributed by atoms with van der Waals surface area (Å²) in [5.74, 6) is 0.901. The van der Waals surface area contributed by atoms with Gasteiger partial charge in [-0.2, -0.15) is 12.6 Å². The van der Waals surface area contributed by atoms with Gasteiger partial charge in [0.1, 0.15) is 5.76 Å². The van der Waals surface area contributed by atoms with Crippen LogP contribution in [0.1, 0.15) is 19.4 Å². The summed E-state index contributed by atoms with van der Waals surface area (Å²) in [6, 6.07) is 12.2. The first-order valence-electron chi connectivity index (χ1n) is 4.94. The molecule has 2 aromatic rings. The lowest BCUT2D eigenvalue weighted by molar-refractivity contribution is 0.582. The standard InChI is InChI=1S/C13H14OS/c1-13(2,15)11-7-5-10(6-8-11)12-4-3-9-14-12/h3-9,15H,1-2H3. The molecular weight excluding hydrogens is 204 g/mol. The largest absolute Gasteiger partial charge is 0.464 e. The molecule has 1 aromatic carbocycles. The smallest absolute Gasteiger partial charge is 0.133 e. The molecule has 0 saturated carbocycles. The van der Waals surface area contributed by atoms with Crippen LogP contribution in [0.25, 0.3) is 11.3 Å². The molecule has 0 amide bonds. The Balaban J connectivity index is 2.33. The molecule has 78 valence electrons. The molecule has 15 heavy (non-hydrogen) atoms. The number of benzene rings is 1. The van der Waals surface area contributed by atoms with E-state index >= 15 is 0 Å². The van der Waals surface area contributed by atoms with Gasteiger partial charge in [0.2, 0.25) is 0 Å². The molecule has 0 fully saturated rings. The van der Waals surface area contributed by atoms with Crippen LogP contribution in [-0.2, 0) is 4.75 Å². The van der Waals surface area contributed by atoms with Gasteiger partial charge in [-0.05, 0) is 31.5 Å². The third-order valence-electron chi connectivity index (χ3n) is 2.40. The van der Waals surface area contributed by atoms with E-state index in [0.29, 0.717) is 0 Å². The summed E-state index contributed by atoms with van der Waals surface area (Å²) in [5.41, 5.74) is 2.31. The maximum atomic E-state index is 5.33. The van der Waals surface area contributed by atoms with Crippen LogP contribution in [0.5, 0.6) is 0 Å². The summed E-state index contributed by atoms with van der Waals surface area (Å²) in [6.07, 6.45) is 1.69. The first kappa shape index (κ1) is 10.4. The van der Waals surface area contributed by atoms with Crippen LogP contribution in [0.4, 0.5) is 0 Å². The first-order valence-corrected chi connectivity index (χ1v) is 5.39. The molecule has 0 aliphatic heterocycles. The topological polar surface area (TPSA) is 13.1 Å². The summed E-state index contributed by atoms with van der Waals surface area (Å²) in [5, 5.41) is 0. The Kier molecular flexibility index (Phi) is 2.61. The van der Waals surface area contributed by atoms with Gasteiger partial charge in [-0.1, -0.05) is 24.3 Å². The first-order chi connectivity index (χ1) is 7.07. The van der Waals surface area contributed by atoms with Crippen molar-refractivity contribution in [3.63, 3.8) is 0 Å². The van der Waals surface area contributed by atoms with Crippen LogP contribution in [0, 0.1) is 0 Å². The fourth-order valence-corrected chi connectivity index (χ4v) is 1.63. The third-order valence-corrected chi connectivity index (χ3v) is 2.66. The Morgan fingerprint density at radius 1 is 1.07 bits per heavy atom. The van der Waals surface area contributed by atoms with Gasteiger partial charge in [0.25, 0.3) is 0 Å². The van der Waals surface area contributed by atoms with Crippen LogP contribution in [0.15, 0.2) is 47.1 Å². The van der Waals surface area contributed by atoms with E-state index in [0.717, 1.165) is 11.3 Å². The van der Waals surface area contributed by atoms with Gasteiger partial charge >= 0.3 is 0 Å². The Hall–Kier alpha value is -1.15. The van der Waals surface area contributed by atoms with Gasteiger partial charge in [0, 0.05) is 10.3 Å². The second-order valence-corrected chi connectivity index (χ2v) is 5.23. The summed E-state index contributed by atoms with van der Waals surface area (Å²) in [6.45, 7) is 4.16. The average Bonchev–Trinajstić information content (AvgIpc) is 2.69. The van der Waals surface area contributed by atoms with Crippen LogP contribution < -0.4 is 0 Å². The normalized spacial score (nSPS) is 11.7. The van der Waals surface area contributed by atoms with Gasteiger partial charge in [0.15, 0.2) is 0 Å². The molecule has 2 heteroatoms. The minimum Gasteiger partial charge on any atom is -0.464 e. The summed E-state index contributed by atoms with van der Waals surface area (Å²) >= 11 is 4.53. The molecule has 0 aliphatic carbocycles. The number of thiol groups is 1. The summed E-state index contributed by atoms with van der Waals surface area (Å²) in [7, 11) is 0. The van der Waals surface area contributed by atoms with Crippen molar-refractivity contribution in [3.8, 4) is 11.3 Å². The molecule has 1 aromatic heterocycles. The molecule has 1 heterocycles. The second kappa shape index (κ2) is 3.78. The Bertz CT molecular complexity index is 421. The highest BCUT2D eigenvalue weighted by molar-refractivity contribution is 7.81. The zero-order valence-electron chi connectivity index (χ0n) is 8.90. The lowest BCUT2D eigenvalue weighted by atomic mass is 10.0. The maximum Gasteiger partial charge on any atom is 0.133 e. The van der Waals surface area contributed by atoms with E-state index in [1.807, 2.05) is 12.1 Å². The molecule has 0 spiro atoms. The van der Waals surface area contributed by atoms with Crippen molar-refractivity contribution in [2.24, 2.45) is 0 Å². The van der Waals surface area contributed by atoms with E-state index in [2.05, 4.69) is 50.7 Å². The third kappa shape index (κ3) is 2.26. The van der Waals surface area contributed by atoms with Gasteiger partial charge in [-0.25, -0.2) is 0 Å². The highest BCUT2D eigenvalue weighted by atomic mass is 32.1. The van der Waals surface area contributed by atoms with Gasteiger partial charge in [-0.3, -0.25) is 0 Å². The van der Waals surface area contributed by atoms with Crippen molar-refractivity contribution in [2.75, 3.05) is 0 Å². The zero-order chi connectivity index (χ0) is 10.9. The summed E-state index contributed by atoms with van der Waals surface area (Å²) in [4.78, 5) is 0. The van der Waals surface area contributed by atoms with Crippen molar-refractivity contribution in [1.82, 2.24) is 0 Å². The second-order valence-electron chi connectivity index (χ2n) is 4.11. The highest BCUT2D eigenvalue weighted by Crippen LogP contribution is 2.29. The molecule has 1 nitrogen and oxygen atoms in total. The van der Waals surface area contributed by atoms with Crippen molar-refractivity contribution in [3.05, 3.63) is 48.2 Å². The van der Waals surface area contributed by atoms with Crippen molar-refractivity contribution in [1.29, 1.82) is 0 Å². The van der Waals surface area contributed by atoms with Crippen molar-refractivity contribution < 1.29 is 4.42 Å². The predicted octanol–water partition coefficient (Wildman–Crippen LogP) is 4.11. The molecule has 0 atom stereocenters. The summed E-state index contributed by atoms with van der Waals surface area (Å²) < 4.78 is 5.23. The predicted molar refractivity (Wildman–Crippen MR) is 66.2 cm³/mol. The van der Waals surface area contributed by atoms with E-state index in [1.54, 1.807) is 6.26 Å². The van der Waals surface area contributed by atoms with Crippen LogP contribution in [0.3, 0.4) is 0 Å². The molecule has 0 saturated heterocycles. The monoisotopic (exact) mass is 218 g/mol. The Labute approximate surface area is 95.5 Å². The fourth-order valence-electron chi connectivity index (χ4n) is 1.49. The van der Waals surface area contributed by atoms with Gasteiger partial charge in [0.05, 0.1) is 6.26 Å². The van der Waals surface area contributed by atoms with E-state index in [4.69, 9.17) is 4.42 Å². The SMILES string of the molecule is CC(C)(S)c1ccc(-c2ccco2)cc1. The number of hydrogen-bond acceptors (Lipinski definition) is 2. The minimum absolute atomic E-state index is 0.0955. The molecule has 0 bridgehead atoms. The zero-order valence-corrected chi connectivity index (χ0v) is 9.79. The van der Waals surface area contributed by atoms with Gasteiger partial charge < -0.3 is 4.42 Å². The molecule has 0 N–H and O–H groups in total. The van der Waals surface area contributed by atoms with Gasteiger partial charge in [-0.15, -0.1) is 0 Å². The quantitative estimate of drug-likeness (QED) is 0.748. The average molecular weight is 218 g/mol. The Morgan fingerprint density at radius 3 is 2.20 bits per heavy atom. The number of furan rings is 1. The molecule has 2 rings (SSSR count). The van der Waals surface area contributed by atoms with E-state index in [1.165, 1.54) is 5.56 Å². The molecular formula is C13H14OS. The van der Waals surface area contributed by atoms with Crippen LogP contribution in [-0.4, -0.2) is 0 Å². The van der Waals surface area contributed by atoms with Crippen LogP contribution >= 0.6 is 12.6 Å². The lowest BCUT2D eigenvalue weighted by Gasteiger charge is -2.17. The number of rotatable bonds is 2. The van der Waals surface area contributed by atoms with E-state index < -0.39 is 0 Å².